The number of thiophene rings is 1. The molecule has 0 aliphatic heterocycles. The highest BCUT2D eigenvalue weighted by Gasteiger charge is 2.18. The summed E-state index contributed by atoms with van der Waals surface area (Å²) in [5, 5.41) is 17.5. The summed E-state index contributed by atoms with van der Waals surface area (Å²) in [6, 6.07) is 9.16. The molecule has 0 amide bonds. The summed E-state index contributed by atoms with van der Waals surface area (Å²) in [5.74, 6) is -0.303. The van der Waals surface area contributed by atoms with Crippen LogP contribution in [0.2, 0.25) is 0 Å². The number of carboxylic acid groups (broad SMARTS) is 1. The second-order valence-corrected chi connectivity index (χ2v) is 5.13. The lowest BCUT2D eigenvalue weighted by molar-refractivity contribution is 0.0697. The number of methoxy groups -OCH3 is 1. The van der Waals surface area contributed by atoms with Gasteiger partial charge in [0, 0.05) is 23.2 Å². The zero-order valence-corrected chi connectivity index (χ0v) is 12.0. The van der Waals surface area contributed by atoms with Gasteiger partial charge in [-0.25, -0.2) is 9.48 Å². The average Bonchev–Trinajstić information content (AvgIpc) is 3.16. The van der Waals surface area contributed by atoms with Crippen LogP contribution in [0.1, 0.15) is 10.4 Å². The number of carboxylic acids is 1. The summed E-state index contributed by atoms with van der Waals surface area (Å²) in [7, 11) is 1.58. The standard InChI is InChI=1S/C15H12N2O3S/c1-20-12-4-2-3-11(7-12)17-8-13(15(18)19)14(16-17)10-5-6-21-9-10/h2-9H,1H3,(H,18,19). The lowest BCUT2D eigenvalue weighted by atomic mass is 10.1. The summed E-state index contributed by atoms with van der Waals surface area (Å²) in [5.41, 5.74) is 2.19. The number of ether oxygens (including phenoxy) is 1. The van der Waals surface area contributed by atoms with Gasteiger partial charge >= 0.3 is 5.97 Å². The summed E-state index contributed by atoms with van der Waals surface area (Å²) in [4.78, 5) is 11.4. The van der Waals surface area contributed by atoms with Gasteiger partial charge < -0.3 is 9.84 Å². The molecule has 0 radical (unpaired) electrons. The smallest absolute Gasteiger partial charge is 0.339 e. The number of hydrogen-bond donors (Lipinski definition) is 1. The van der Waals surface area contributed by atoms with Gasteiger partial charge in [-0.05, 0) is 23.6 Å². The van der Waals surface area contributed by atoms with Crippen molar-refractivity contribution in [1.82, 2.24) is 9.78 Å². The third kappa shape index (κ3) is 2.53. The zero-order chi connectivity index (χ0) is 14.8. The fourth-order valence-electron chi connectivity index (χ4n) is 2.03. The molecule has 106 valence electrons. The van der Waals surface area contributed by atoms with Crippen LogP contribution in [-0.2, 0) is 0 Å². The van der Waals surface area contributed by atoms with E-state index in [2.05, 4.69) is 5.10 Å². The first-order chi connectivity index (χ1) is 10.2. The Kier molecular flexibility index (Phi) is 3.45. The van der Waals surface area contributed by atoms with Crippen molar-refractivity contribution in [3.63, 3.8) is 0 Å². The second-order valence-electron chi connectivity index (χ2n) is 4.35. The zero-order valence-electron chi connectivity index (χ0n) is 11.2. The van der Waals surface area contributed by atoms with Gasteiger partial charge in [0.15, 0.2) is 0 Å². The molecule has 5 nitrogen and oxygen atoms in total. The molecule has 21 heavy (non-hydrogen) atoms. The Morgan fingerprint density at radius 2 is 2.24 bits per heavy atom. The van der Waals surface area contributed by atoms with Crippen molar-refractivity contribution in [2.24, 2.45) is 0 Å². The number of nitrogens with zero attached hydrogens (tertiary/aromatic N) is 2. The first-order valence-electron chi connectivity index (χ1n) is 6.19. The highest BCUT2D eigenvalue weighted by molar-refractivity contribution is 7.08. The molecule has 0 saturated carbocycles. The summed E-state index contributed by atoms with van der Waals surface area (Å²) < 4.78 is 6.73. The van der Waals surface area contributed by atoms with Crippen LogP contribution in [0.25, 0.3) is 16.9 Å². The first kappa shape index (κ1) is 13.4. The maximum absolute atomic E-state index is 11.4. The monoisotopic (exact) mass is 300 g/mol. The van der Waals surface area contributed by atoms with E-state index < -0.39 is 5.97 Å². The van der Waals surface area contributed by atoms with Crippen LogP contribution in [-0.4, -0.2) is 28.0 Å². The molecule has 1 aromatic carbocycles. The number of carbonyl (C=O) groups is 1. The molecule has 2 heterocycles. The topological polar surface area (TPSA) is 64.3 Å². The molecule has 0 aliphatic carbocycles. The molecule has 3 rings (SSSR count). The minimum absolute atomic E-state index is 0.177. The largest absolute Gasteiger partial charge is 0.497 e. The van der Waals surface area contributed by atoms with E-state index in [0.717, 1.165) is 11.3 Å². The maximum atomic E-state index is 11.4. The van der Waals surface area contributed by atoms with Gasteiger partial charge in [-0.2, -0.15) is 16.4 Å². The van der Waals surface area contributed by atoms with E-state index in [1.165, 1.54) is 17.5 Å². The molecule has 0 spiro atoms. The first-order valence-corrected chi connectivity index (χ1v) is 7.13. The SMILES string of the molecule is COc1cccc(-n2cc(C(=O)O)c(-c3ccsc3)n2)c1. The number of benzene rings is 1. The van der Waals surface area contributed by atoms with Crippen LogP contribution in [0.4, 0.5) is 0 Å². The van der Waals surface area contributed by atoms with E-state index in [1.54, 1.807) is 17.9 Å². The second kappa shape index (κ2) is 5.41. The molecule has 6 heteroatoms. The van der Waals surface area contributed by atoms with E-state index in [0.29, 0.717) is 11.4 Å². The van der Waals surface area contributed by atoms with E-state index in [-0.39, 0.29) is 5.56 Å². The van der Waals surface area contributed by atoms with E-state index in [9.17, 15) is 9.90 Å². The van der Waals surface area contributed by atoms with Crippen LogP contribution in [0.5, 0.6) is 5.75 Å². The molecule has 2 aromatic heterocycles. The van der Waals surface area contributed by atoms with Crippen LogP contribution >= 0.6 is 11.3 Å². The van der Waals surface area contributed by atoms with E-state index in [4.69, 9.17) is 4.74 Å². The molecular formula is C15H12N2O3S. The summed E-state index contributed by atoms with van der Waals surface area (Å²) in [6.07, 6.45) is 1.52. The molecule has 0 bridgehead atoms. The Hall–Kier alpha value is -2.60. The summed E-state index contributed by atoms with van der Waals surface area (Å²) in [6.45, 7) is 0. The van der Waals surface area contributed by atoms with Gasteiger partial charge in [-0.15, -0.1) is 0 Å². The normalized spacial score (nSPS) is 10.5. The Bertz CT molecular complexity index is 778. The van der Waals surface area contributed by atoms with Crippen molar-refractivity contribution < 1.29 is 14.6 Å². The van der Waals surface area contributed by atoms with Gasteiger partial charge in [-0.3, -0.25) is 0 Å². The lowest BCUT2D eigenvalue weighted by Crippen LogP contribution is -1.96. The molecule has 0 aliphatic rings. The highest BCUT2D eigenvalue weighted by atomic mass is 32.1. The predicted octanol–water partition coefficient (Wildman–Crippen LogP) is 3.31. The van der Waals surface area contributed by atoms with Crippen molar-refractivity contribution in [3.8, 4) is 22.7 Å². The fourth-order valence-corrected chi connectivity index (χ4v) is 2.67. The fraction of sp³-hybridized carbons (Fsp3) is 0.0667. The molecule has 3 aromatic rings. The van der Waals surface area contributed by atoms with Crippen LogP contribution < -0.4 is 4.74 Å². The van der Waals surface area contributed by atoms with Gasteiger partial charge in [0.05, 0.1) is 12.8 Å². The van der Waals surface area contributed by atoms with E-state index in [1.807, 2.05) is 35.0 Å². The molecule has 0 fully saturated rings. The minimum Gasteiger partial charge on any atom is -0.497 e. The quantitative estimate of drug-likeness (QED) is 0.803. The Labute approximate surface area is 125 Å². The molecule has 0 unspecified atom stereocenters. The number of aromatic nitrogens is 2. The number of rotatable bonds is 4. The van der Waals surface area contributed by atoms with E-state index >= 15 is 0 Å². The molecule has 1 N–H and O–H groups in total. The minimum atomic E-state index is -0.995. The predicted molar refractivity (Wildman–Crippen MR) is 80.4 cm³/mol. The summed E-state index contributed by atoms with van der Waals surface area (Å²) >= 11 is 1.50. The van der Waals surface area contributed by atoms with Crippen molar-refractivity contribution in [2.75, 3.05) is 7.11 Å². The van der Waals surface area contributed by atoms with Crippen LogP contribution in [0.3, 0.4) is 0 Å². The van der Waals surface area contributed by atoms with Gasteiger partial charge in [0.25, 0.3) is 0 Å². The number of hydrogen-bond acceptors (Lipinski definition) is 4. The Morgan fingerprint density at radius 1 is 1.38 bits per heavy atom. The highest BCUT2D eigenvalue weighted by Crippen LogP contribution is 2.26. The van der Waals surface area contributed by atoms with Crippen LogP contribution in [0, 0.1) is 0 Å². The average molecular weight is 300 g/mol. The van der Waals surface area contributed by atoms with Crippen molar-refractivity contribution >= 4 is 17.3 Å². The Morgan fingerprint density at radius 3 is 2.90 bits per heavy atom. The van der Waals surface area contributed by atoms with Gasteiger partial charge in [-0.1, -0.05) is 6.07 Å². The lowest BCUT2D eigenvalue weighted by Gasteiger charge is -2.03. The van der Waals surface area contributed by atoms with Crippen molar-refractivity contribution in [3.05, 3.63) is 52.9 Å². The van der Waals surface area contributed by atoms with Gasteiger partial charge in [0.2, 0.25) is 0 Å². The number of aromatic carboxylic acids is 1. The third-order valence-electron chi connectivity index (χ3n) is 3.06. The molecule has 0 saturated heterocycles. The third-order valence-corrected chi connectivity index (χ3v) is 3.74. The van der Waals surface area contributed by atoms with Crippen LogP contribution in [0.15, 0.2) is 47.3 Å². The Balaban J connectivity index is 2.12. The van der Waals surface area contributed by atoms with Crippen molar-refractivity contribution in [1.29, 1.82) is 0 Å². The van der Waals surface area contributed by atoms with Gasteiger partial charge in [0.1, 0.15) is 17.0 Å². The van der Waals surface area contributed by atoms with Crippen molar-refractivity contribution in [2.45, 2.75) is 0 Å². The maximum Gasteiger partial charge on any atom is 0.339 e. The molecular weight excluding hydrogens is 288 g/mol. The molecule has 0 atom stereocenters.